The minimum atomic E-state index is -0.808. The molecule has 0 amide bonds. The molecule has 1 aromatic rings. The third-order valence-corrected chi connectivity index (χ3v) is 2.50. The summed E-state index contributed by atoms with van der Waals surface area (Å²) in [5.74, 6) is -0.808. The smallest absolute Gasteiger partial charge is 0.320 e. The van der Waals surface area contributed by atoms with E-state index in [0.717, 1.165) is 5.56 Å². The predicted molar refractivity (Wildman–Crippen MR) is 64.1 cm³/mol. The van der Waals surface area contributed by atoms with Gasteiger partial charge in [-0.1, -0.05) is 36.4 Å². The van der Waals surface area contributed by atoms with E-state index >= 15 is 0 Å². The molecule has 16 heavy (non-hydrogen) atoms. The molecule has 3 heteroatoms. The number of nitrogens with zero attached hydrogens (tertiary/aromatic N) is 1. The third-order valence-electron chi connectivity index (χ3n) is 2.50. The first-order valence-electron chi connectivity index (χ1n) is 5.27. The molecule has 0 spiro atoms. The summed E-state index contributed by atoms with van der Waals surface area (Å²) in [4.78, 5) is 12.8. The molecule has 1 atom stereocenters. The first-order valence-corrected chi connectivity index (χ1v) is 5.27. The Morgan fingerprint density at radius 2 is 2.12 bits per heavy atom. The molecule has 0 aliphatic rings. The van der Waals surface area contributed by atoms with Crippen molar-refractivity contribution in [1.82, 2.24) is 4.90 Å². The van der Waals surface area contributed by atoms with E-state index in [2.05, 4.69) is 6.58 Å². The van der Waals surface area contributed by atoms with Gasteiger partial charge < -0.3 is 5.11 Å². The summed E-state index contributed by atoms with van der Waals surface area (Å²) in [7, 11) is 0. The number of aliphatic carboxylic acids is 1. The van der Waals surface area contributed by atoms with Crippen molar-refractivity contribution in [1.29, 1.82) is 0 Å². The molecule has 1 N–H and O–H groups in total. The quantitative estimate of drug-likeness (QED) is 0.745. The number of carboxylic acid groups (broad SMARTS) is 1. The van der Waals surface area contributed by atoms with Gasteiger partial charge in [-0.3, -0.25) is 9.69 Å². The van der Waals surface area contributed by atoms with Crippen LogP contribution in [0, 0.1) is 0 Å². The average Bonchev–Trinajstić information content (AvgIpc) is 2.29. The topological polar surface area (TPSA) is 40.5 Å². The Morgan fingerprint density at radius 3 is 2.62 bits per heavy atom. The average molecular weight is 219 g/mol. The van der Waals surface area contributed by atoms with Gasteiger partial charge in [0.15, 0.2) is 0 Å². The number of benzene rings is 1. The molecule has 3 nitrogen and oxygen atoms in total. The molecule has 0 saturated carbocycles. The fourth-order valence-corrected chi connectivity index (χ4v) is 1.50. The SMILES string of the molecule is C=CCN(Cc1ccccc1)C(C)C(=O)O. The molecule has 0 saturated heterocycles. The Kier molecular flexibility index (Phi) is 4.73. The van der Waals surface area contributed by atoms with Gasteiger partial charge in [-0.25, -0.2) is 0 Å². The van der Waals surface area contributed by atoms with Crippen molar-refractivity contribution >= 4 is 5.97 Å². The van der Waals surface area contributed by atoms with E-state index in [-0.39, 0.29) is 0 Å². The Balaban J connectivity index is 2.71. The second kappa shape index (κ2) is 6.08. The van der Waals surface area contributed by atoms with Gasteiger partial charge in [-0.15, -0.1) is 6.58 Å². The van der Waals surface area contributed by atoms with Crippen LogP contribution in [0.5, 0.6) is 0 Å². The highest BCUT2D eigenvalue weighted by Crippen LogP contribution is 2.08. The van der Waals surface area contributed by atoms with E-state index in [1.165, 1.54) is 0 Å². The summed E-state index contributed by atoms with van der Waals surface area (Å²) in [6, 6.07) is 9.33. The highest BCUT2D eigenvalue weighted by molar-refractivity contribution is 5.72. The van der Waals surface area contributed by atoms with Crippen LogP contribution >= 0.6 is 0 Å². The molecule has 1 rings (SSSR count). The van der Waals surface area contributed by atoms with Crippen LogP contribution in [0.1, 0.15) is 12.5 Å². The molecule has 0 aromatic heterocycles. The van der Waals surface area contributed by atoms with Gasteiger partial charge >= 0.3 is 5.97 Å². The van der Waals surface area contributed by atoms with Gasteiger partial charge in [0.05, 0.1) is 0 Å². The number of carbonyl (C=O) groups is 1. The summed E-state index contributed by atoms with van der Waals surface area (Å²) in [5.41, 5.74) is 1.11. The van der Waals surface area contributed by atoms with Crippen molar-refractivity contribution in [2.45, 2.75) is 19.5 Å². The highest BCUT2D eigenvalue weighted by atomic mass is 16.4. The lowest BCUT2D eigenvalue weighted by Gasteiger charge is -2.24. The van der Waals surface area contributed by atoms with Crippen molar-refractivity contribution in [2.75, 3.05) is 6.54 Å². The zero-order valence-electron chi connectivity index (χ0n) is 9.47. The molecule has 0 heterocycles. The van der Waals surface area contributed by atoms with E-state index < -0.39 is 12.0 Å². The van der Waals surface area contributed by atoms with Crippen molar-refractivity contribution in [3.05, 3.63) is 48.6 Å². The monoisotopic (exact) mass is 219 g/mol. The molecule has 0 bridgehead atoms. The fraction of sp³-hybridized carbons (Fsp3) is 0.308. The largest absolute Gasteiger partial charge is 0.480 e. The zero-order valence-corrected chi connectivity index (χ0v) is 9.47. The first-order chi connectivity index (χ1) is 7.65. The van der Waals surface area contributed by atoms with Crippen molar-refractivity contribution in [2.24, 2.45) is 0 Å². The molecular formula is C13H17NO2. The minimum absolute atomic E-state index is 0.502. The van der Waals surface area contributed by atoms with Gasteiger partial charge in [-0.2, -0.15) is 0 Å². The molecular weight excluding hydrogens is 202 g/mol. The van der Waals surface area contributed by atoms with Crippen molar-refractivity contribution in [3.63, 3.8) is 0 Å². The standard InChI is InChI=1S/C13H17NO2/c1-3-9-14(11(2)13(15)16)10-12-7-5-4-6-8-12/h3-8,11H,1,9-10H2,2H3,(H,15,16). The second-order valence-electron chi connectivity index (χ2n) is 3.72. The van der Waals surface area contributed by atoms with Gasteiger partial charge in [-0.05, 0) is 12.5 Å². The lowest BCUT2D eigenvalue weighted by molar-refractivity contribution is -0.142. The van der Waals surface area contributed by atoms with E-state index in [1.54, 1.807) is 13.0 Å². The Bertz CT molecular complexity index is 348. The van der Waals surface area contributed by atoms with Gasteiger partial charge in [0, 0.05) is 13.1 Å². The summed E-state index contributed by atoms with van der Waals surface area (Å²) < 4.78 is 0. The summed E-state index contributed by atoms with van der Waals surface area (Å²) in [6.07, 6.45) is 1.72. The molecule has 0 aliphatic carbocycles. The first kappa shape index (κ1) is 12.5. The van der Waals surface area contributed by atoms with Crippen LogP contribution in [0.2, 0.25) is 0 Å². The normalized spacial score (nSPS) is 12.4. The Hall–Kier alpha value is -1.61. The van der Waals surface area contributed by atoms with Crippen LogP contribution in [0.15, 0.2) is 43.0 Å². The van der Waals surface area contributed by atoms with Gasteiger partial charge in [0.2, 0.25) is 0 Å². The Morgan fingerprint density at radius 1 is 1.50 bits per heavy atom. The number of carboxylic acids is 1. The lowest BCUT2D eigenvalue weighted by Crippen LogP contribution is -2.38. The second-order valence-corrected chi connectivity index (χ2v) is 3.72. The van der Waals surface area contributed by atoms with E-state index in [9.17, 15) is 4.79 Å². The molecule has 0 aliphatic heterocycles. The third kappa shape index (κ3) is 3.51. The van der Waals surface area contributed by atoms with Gasteiger partial charge in [0.1, 0.15) is 6.04 Å². The van der Waals surface area contributed by atoms with Crippen molar-refractivity contribution in [3.8, 4) is 0 Å². The fourth-order valence-electron chi connectivity index (χ4n) is 1.50. The van der Waals surface area contributed by atoms with Crippen LogP contribution in [0.25, 0.3) is 0 Å². The number of hydrogen-bond donors (Lipinski definition) is 1. The zero-order chi connectivity index (χ0) is 12.0. The van der Waals surface area contributed by atoms with Crippen LogP contribution in [-0.2, 0) is 11.3 Å². The summed E-state index contributed by atoms with van der Waals surface area (Å²) in [6.45, 7) is 6.54. The number of rotatable bonds is 6. The summed E-state index contributed by atoms with van der Waals surface area (Å²) >= 11 is 0. The maximum atomic E-state index is 10.9. The van der Waals surface area contributed by atoms with Crippen LogP contribution in [0.3, 0.4) is 0 Å². The molecule has 1 unspecified atom stereocenters. The molecule has 1 aromatic carbocycles. The van der Waals surface area contributed by atoms with E-state index in [0.29, 0.717) is 13.1 Å². The molecule has 86 valence electrons. The summed E-state index contributed by atoms with van der Waals surface area (Å²) in [5, 5.41) is 8.98. The maximum absolute atomic E-state index is 10.9. The van der Waals surface area contributed by atoms with Crippen molar-refractivity contribution < 1.29 is 9.90 Å². The molecule has 0 fully saturated rings. The van der Waals surface area contributed by atoms with Gasteiger partial charge in [0.25, 0.3) is 0 Å². The van der Waals surface area contributed by atoms with E-state index in [1.807, 2.05) is 35.2 Å². The molecule has 0 radical (unpaired) electrons. The minimum Gasteiger partial charge on any atom is -0.480 e. The highest BCUT2D eigenvalue weighted by Gasteiger charge is 2.19. The predicted octanol–water partition coefficient (Wildman–Crippen LogP) is 2.15. The van der Waals surface area contributed by atoms with E-state index in [4.69, 9.17) is 5.11 Å². The van der Waals surface area contributed by atoms with Crippen LogP contribution < -0.4 is 0 Å². The Labute approximate surface area is 96.0 Å². The van der Waals surface area contributed by atoms with Crippen LogP contribution in [0.4, 0.5) is 0 Å². The number of hydrogen-bond acceptors (Lipinski definition) is 2. The maximum Gasteiger partial charge on any atom is 0.320 e. The van der Waals surface area contributed by atoms with Crippen LogP contribution in [-0.4, -0.2) is 28.6 Å². The lowest BCUT2D eigenvalue weighted by atomic mass is 10.2.